The summed E-state index contributed by atoms with van der Waals surface area (Å²) in [5.41, 5.74) is -1.22. The standard InChI is InChI=1S/C14H10F4N4O/c15-13(16)10-5-11(14(17)18)22(21-10)7-12(23)20-9-4-2-1-3-8(9)6-19/h1-5,13-14H,7H2,(H,20,23). The minimum Gasteiger partial charge on any atom is -0.323 e. The van der Waals surface area contributed by atoms with E-state index in [2.05, 4.69) is 10.4 Å². The van der Waals surface area contributed by atoms with Gasteiger partial charge in [0.2, 0.25) is 5.91 Å². The molecule has 1 amide bonds. The first-order valence-corrected chi connectivity index (χ1v) is 6.35. The largest absolute Gasteiger partial charge is 0.323 e. The summed E-state index contributed by atoms with van der Waals surface area (Å²) >= 11 is 0. The molecule has 0 bridgehead atoms. The SMILES string of the molecule is N#Cc1ccccc1NC(=O)Cn1nc(C(F)F)cc1C(F)F. The summed E-state index contributed by atoms with van der Waals surface area (Å²) in [5.74, 6) is -0.765. The lowest BCUT2D eigenvalue weighted by molar-refractivity contribution is -0.117. The molecule has 0 spiro atoms. The van der Waals surface area contributed by atoms with Crippen molar-refractivity contribution in [2.24, 2.45) is 0 Å². The molecule has 0 saturated carbocycles. The average Bonchev–Trinajstić information content (AvgIpc) is 2.92. The number of hydrogen-bond donors (Lipinski definition) is 1. The van der Waals surface area contributed by atoms with Crippen molar-refractivity contribution in [1.29, 1.82) is 5.26 Å². The summed E-state index contributed by atoms with van der Waals surface area (Å²) < 4.78 is 51.3. The number of para-hydroxylation sites is 1. The zero-order chi connectivity index (χ0) is 17.0. The van der Waals surface area contributed by atoms with Gasteiger partial charge in [-0.3, -0.25) is 9.48 Å². The minimum absolute atomic E-state index is 0.184. The molecule has 2 aromatic rings. The van der Waals surface area contributed by atoms with Crippen LogP contribution in [0.25, 0.3) is 0 Å². The van der Waals surface area contributed by atoms with Crippen molar-refractivity contribution in [3.05, 3.63) is 47.3 Å². The van der Waals surface area contributed by atoms with Crippen molar-refractivity contribution in [1.82, 2.24) is 9.78 Å². The Morgan fingerprint density at radius 2 is 1.96 bits per heavy atom. The van der Waals surface area contributed by atoms with Gasteiger partial charge in [0.25, 0.3) is 12.9 Å². The van der Waals surface area contributed by atoms with Crippen LogP contribution in [-0.4, -0.2) is 15.7 Å². The number of halogens is 4. The van der Waals surface area contributed by atoms with E-state index in [1.54, 1.807) is 12.1 Å². The number of hydrogen-bond acceptors (Lipinski definition) is 3. The van der Waals surface area contributed by atoms with Crippen LogP contribution in [0.1, 0.15) is 29.8 Å². The second-order valence-electron chi connectivity index (χ2n) is 4.46. The highest BCUT2D eigenvalue weighted by Gasteiger charge is 2.22. The molecule has 0 unspecified atom stereocenters. The number of nitrogens with one attached hydrogen (secondary N) is 1. The molecule has 1 heterocycles. The number of nitrogens with zero attached hydrogens (tertiary/aromatic N) is 3. The van der Waals surface area contributed by atoms with Crippen LogP contribution >= 0.6 is 0 Å². The smallest absolute Gasteiger partial charge is 0.282 e. The van der Waals surface area contributed by atoms with Gasteiger partial charge in [0.05, 0.1) is 11.3 Å². The van der Waals surface area contributed by atoms with E-state index >= 15 is 0 Å². The van der Waals surface area contributed by atoms with Gasteiger partial charge in [-0.25, -0.2) is 17.6 Å². The maximum atomic E-state index is 12.8. The van der Waals surface area contributed by atoms with Crippen molar-refractivity contribution in [3.63, 3.8) is 0 Å². The lowest BCUT2D eigenvalue weighted by Gasteiger charge is -2.09. The van der Waals surface area contributed by atoms with Gasteiger partial charge in [-0.1, -0.05) is 12.1 Å². The Morgan fingerprint density at radius 3 is 2.57 bits per heavy atom. The molecule has 1 aromatic carbocycles. The van der Waals surface area contributed by atoms with Gasteiger partial charge >= 0.3 is 0 Å². The highest BCUT2D eigenvalue weighted by Crippen LogP contribution is 2.25. The molecule has 23 heavy (non-hydrogen) atoms. The molecule has 0 aliphatic rings. The molecule has 5 nitrogen and oxygen atoms in total. The molecule has 0 aliphatic carbocycles. The molecule has 2 rings (SSSR count). The number of anilines is 1. The van der Waals surface area contributed by atoms with E-state index in [9.17, 15) is 22.4 Å². The Kier molecular flexibility index (Phi) is 4.95. The first-order valence-electron chi connectivity index (χ1n) is 6.35. The summed E-state index contributed by atoms with van der Waals surface area (Å²) in [5, 5.41) is 14.6. The monoisotopic (exact) mass is 326 g/mol. The summed E-state index contributed by atoms with van der Waals surface area (Å²) in [7, 11) is 0. The van der Waals surface area contributed by atoms with E-state index in [0.29, 0.717) is 10.7 Å². The number of nitriles is 1. The van der Waals surface area contributed by atoms with Crippen molar-refractivity contribution < 1.29 is 22.4 Å². The maximum absolute atomic E-state index is 12.8. The number of alkyl halides is 4. The van der Waals surface area contributed by atoms with Crippen LogP contribution < -0.4 is 5.32 Å². The Bertz CT molecular complexity index is 751. The van der Waals surface area contributed by atoms with E-state index in [1.165, 1.54) is 12.1 Å². The number of carbonyl (C=O) groups excluding carboxylic acids is 1. The van der Waals surface area contributed by atoms with Crippen LogP contribution in [0.5, 0.6) is 0 Å². The van der Waals surface area contributed by atoms with Crippen LogP contribution in [0.15, 0.2) is 30.3 Å². The molecule has 0 radical (unpaired) electrons. The van der Waals surface area contributed by atoms with Crippen LogP contribution in [-0.2, 0) is 11.3 Å². The Labute approximate surface area is 128 Å². The van der Waals surface area contributed by atoms with Gasteiger partial charge in [-0.05, 0) is 18.2 Å². The highest BCUT2D eigenvalue weighted by molar-refractivity contribution is 5.91. The van der Waals surface area contributed by atoms with Gasteiger partial charge in [0, 0.05) is 0 Å². The number of rotatable bonds is 5. The van der Waals surface area contributed by atoms with Gasteiger partial charge in [-0.15, -0.1) is 0 Å². The van der Waals surface area contributed by atoms with Crippen LogP contribution in [0.3, 0.4) is 0 Å². The summed E-state index contributed by atoms with van der Waals surface area (Å²) in [6, 6.07) is 8.50. The Balaban J connectivity index is 2.19. The fraction of sp³-hybridized carbons (Fsp3) is 0.214. The van der Waals surface area contributed by atoms with Crippen molar-refractivity contribution >= 4 is 11.6 Å². The Morgan fingerprint density at radius 1 is 1.26 bits per heavy atom. The minimum atomic E-state index is -3.05. The van der Waals surface area contributed by atoms with Gasteiger partial charge in [0.15, 0.2) is 0 Å². The zero-order valence-corrected chi connectivity index (χ0v) is 11.5. The molecule has 0 aliphatic heterocycles. The maximum Gasteiger partial charge on any atom is 0.282 e. The van der Waals surface area contributed by atoms with E-state index in [4.69, 9.17) is 5.26 Å². The fourth-order valence-corrected chi connectivity index (χ4v) is 1.88. The van der Waals surface area contributed by atoms with Gasteiger partial charge < -0.3 is 5.32 Å². The fourth-order valence-electron chi connectivity index (χ4n) is 1.88. The first kappa shape index (κ1) is 16.5. The normalized spacial score (nSPS) is 10.8. The topological polar surface area (TPSA) is 70.7 Å². The molecule has 0 fully saturated rings. The van der Waals surface area contributed by atoms with Gasteiger partial charge in [0.1, 0.15) is 24.0 Å². The first-order chi connectivity index (χ1) is 10.9. The second kappa shape index (κ2) is 6.91. The number of carbonyl (C=O) groups is 1. The van der Waals surface area contributed by atoms with Crippen molar-refractivity contribution in [3.8, 4) is 6.07 Å². The summed E-state index contributed by atoms with van der Waals surface area (Å²) in [6.45, 7) is -0.674. The predicted molar refractivity (Wildman–Crippen MR) is 71.9 cm³/mol. The third kappa shape index (κ3) is 3.85. The van der Waals surface area contributed by atoms with Gasteiger partial charge in [-0.2, -0.15) is 10.4 Å². The summed E-state index contributed by atoms with van der Waals surface area (Å²) in [4.78, 5) is 11.9. The lowest BCUT2D eigenvalue weighted by atomic mass is 10.2. The number of benzene rings is 1. The number of aromatic nitrogens is 2. The number of amides is 1. The molecule has 0 saturated heterocycles. The lowest BCUT2D eigenvalue weighted by Crippen LogP contribution is -2.21. The summed E-state index contributed by atoms with van der Waals surface area (Å²) in [6.07, 6.45) is -6.06. The van der Waals surface area contributed by atoms with E-state index in [-0.39, 0.29) is 11.3 Å². The van der Waals surface area contributed by atoms with Crippen molar-refractivity contribution in [2.45, 2.75) is 19.4 Å². The Hall–Kier alpha value is -2.89. The zero-order valence-electron chi connectivity index (χ0n) is 11.5. The highest BCUT2D eigenvalue weighted by atomic mass is 19.3. The molecule has 120 valence electrons. The average molecular weight is 326 g/mol. The second-order valence-corrected chi connectivity index (χ2v) is 4.46. The third-order valence-electron chi connectivity index (χ3n) is 2.89. The molecular weight excluding hydrogens is 316 g/mol. The van der Waals surface area contributed by atoms with Crippen LogP contribution in [0.2, 0.25) is 0 Å². The third-order valence-corrected chi connectivity index (χ3v) is 2.89. The van der Waals surface area contributed by atoms with E-state index in [0.717, 1.165) is 0 Å². The van der Waals surface area contributed by atoms with E-state index < -0.39 is 36.7 Å². The molecule has 0 atom stereocenters. The molecule has 9 heteroatoms. The van der Waals surface area contributed by atoms with Crippen molar-refractivity contribution in [2.75, 3.05) is 5.32 Å². The molecule has 1 aromatic heterocycles. The molecular formula is C14H10F4N4O. The van der Waals surface area contributed by atoms with Crippen LogP contribution in [0, 0.1) is 11.3 Å². The van der Waals surface area contributed by atoms with Crippen LogP contribution in [0.4, 0.5) is 23.2 Å². The quantitative estimate of drug-likeness (QED) is 0.857. The van der Waals surface area contributed by atoms with E-state index in [1.807, 2.05) is 6.07 Å². The molecule has 1 N–H and O–H groups in total. The predicted octanol–water partition coefficient (Wildman–Crippen LogP) is 3.27.